The summed E-state index contributed by atoms with van der Waals surface area (Å²) >= 11 is 3.33. The summed E-state index contributed by atoms with van der Waals surface area (Å²) < 4.78 is 5.50. The molecule has 1 aromatic carbocycles. The van der Waals surface area contributed by atoms with E-state index in [4.69, 9.17) is 4.74 Å². The highest BCUT2D eigenvalue weighted by atomic mass is 79.9. The van der Waals surface area contributed by atoms with Crippen molar-refractivity contribution in [2.45, 2.75) is 13.0 Å². The number of hydrogen-bond acceptors (Lipinski definition) is 1. The highest BCUT2D eigenvalue weighted by Gasteiger charge is 1.89. The Morgan fingerprint density at radius 3 is 2.64 bits per heavy atom. The lowest BCUT2D eigenvalue weighted by molar-refractivity contribution is 0.125. The van der Waals surface area contributed by atoms with Gasteiger partial charge >= 0.3 is 0 Å². The Morgan fingerprint density at radius 1 is 1.14 bits per heavy atom. The summed E-state index contributed by atoms with van der Waals surface area (Å²) in [6.45, 7) is 1.50. The van der Waals surface area contributed by atoms with Crippen LogP contribution in [0.25, 0.3) is 0 Å². The van der Waals surface area contributed by atoms with Crippen molar-refractivity contribution in [1.82, 2.24) is 0 Å². The van der Waals surface area contributed by atoms with Gasteiger partial charge < -0.3 is 4.74 Å². The third-order valence-electron chi connectivity index (χ3n) is 1.80. The Morgan fingerprint density at radius 2 is 1.93 bits per heavy atom. The maximum Gasteiger partial charge on any atom is 0.0717 e. The fourth-order valence-electron chi connectivity index (χ4n) is 1.10. The van der Waals surface area contributed by atoms with Gasteiger partial charge in [-0.3, -0.25) is 0 Å². The summed E-state index contributed by atoms with van der Waals surface area (Å²) in [5, 5.41) is 0.922. The van der Waals surface area contributed by atoms with Gasteiger partial charge in [-0.25, -0.2) is 0 Å². The molecule has 0 aliphatic heterocycles. The lowest BCUT2D eigenvalue weighted by Gasteiger charge is -2.01. The van der Waals surface area contributed by atoms with Gasteiger partial charge in [0.1, 0.15) is 0 Å². The molecule has 0 aliphatic carbocycles. The van der Waals surface area contributed by atoms with Crippen molar-refractivity contribution in [2.24, 2.45) is 0 Å². The van der Waals surface area contributed by atoms with Gasteiger partial charge in [0.05, 0.1) is 13.2 Å². The molecule has 0 saturated carbocycles. The van der Waals surface area contributed by atoms with E-state index >= 15 is 0 Å². The number of benzene rings is 1. The van der Waals surface area contributed by atoms with Crippen LogP contribution in [0.3, 0.4) is 0 Å². The zero-order valence-corrected chi connectivity index (χ0v) is 9.74. The molecule has 14 heavy (non-hydrogen) atoms. The topological polar surface area (TPSA) is 9.23 Å². The zero-order chi connectivity index (χ0) is 10.1. The summed E-state index contributed by atoms with van der Waals surface area (Å²) in [5.41, 5.74) is 1.23. The van der Waals surface area contributed by atoms with E-state index in [1.165, 1.54) is 5.56 Å². The summed E-state index contributed by atoms with van der Waals surface area (Å²) in [5.74, 6) is 0. The van der Waals surface area contributed by atoms with Gasteiger partial charge in [-0.2, -0.15) is 0 Å². The second-order valence-corrected chi connectivity index (χ2v) is 3.60. The number of rotatable bonds is 6. The Balaban J connectivity index is 2.07. The van der Waals surface area contributed by atoms with Crippen LogP contribution in [0.5, 0.6) is 0 Å². The first kappa shape index (κ1) is 11.5. The minimum Gasteiger partial charge on any atom is -0.376 e. The monoisotopic (exact) mass is 254 g/mol. The van der Waals surface area contributed by atoms with Crippen molar-refractivity contribution in [3.05, 3.63) is 48.0 Å². The molecule has 0 heterocycles. The molecule has 0 saturated heterocycles. The smallest absolute Gasteiger partial charge is 0.0717 e. The minimum absolute atomic E-state index is 0.711. The zero-order valence-electron chi connectivity index (χ0n) is 8.16. The highest BCUT2D eigenvalue weighted by Crippen LogP contribution is 2.00. The van der Waals surface area contributed by atoms with Crippen molar-refractivity contribution in [3.63, 3.8) is 0 Å². The number of allylic oxidation sites excluding steroid dienone is 1. The van der Waals surface area contributed by atoms with E-state index < -0.39 is 0 Å². The largest absolute Gasteiger partial charge is 0.376 e. The van der Waals surface area contributed by atoms with Gasteiger partial charge in [-0.05, 0) is 12.0 Å². The molecule has 0 radical (unpaired) electrons. The normalized spacial score (nSPS) is 10.9. The van der Waals surface area contributed by atoms with Crippen molar-refractivity contribution >= 4 is 15.9 Å². The van der Waals surface area contributed by atoms with Gasteiger partial charge in [-0.1, -0.05) is 58.4 Å². The van der Waals surface area contributed by atoms with Crippen LogP contribution in [0.4, 0.5) is 0 Å². The number of alkyl halides is 1. The molecule has 0 atom stereocenters. The second kappa shape index (κ2) is 7.77. The van der Waals surface area contributed by atoms with E-state index in [-0.39, 0.29) is 0 Å². The summed E-state index contributed by atoms with van der Waals surface area (Å²) in [6, 6.07) is 10.2. The fourth-order valence-corrected chi connectivity index (χ4v) is 1.36. The van der Waals surface area contributed by atoms with Crippen LogP contribution in [0.1, 0.15) is 12.0 Å². The van der Waals surface area contributed by atoms with Crippen molar-refractivity contribution in [2.75, 3.05) is 11.9 Å². The molecule has 0 aromatic heterocycles. The molecule has 0 bridgehead atoms. The summed E-state index contributed by atoms with van der Waals surface area (Å²) in [4.78, 5) is 0. The lowest BCUT2D eigenvalue weighted by atomic mass is 10.2. The first-order valence-electron chi connectivity index (χ1n) is 4.76. The van der Waals surface area contributed by atoms with E-state index in [9.17, 15) is 0 Å². The first-order chi connectivity index (χ1) is 6.93. The molecular formula is C12H15BrO. The van der Waals surface area contributed by atoms with Crippen molar-refractivity contribution < 1.29 is 4.74 Å². The van der Waals surface area contributed by atoms with Crippen LogP contribution in [-0.4, -0.2) is 11.9 Å². The molecule has 0 unspecified atom stereocenters. The van der Waals surface area contributed by atoms with Gasteiger partial charge in [0.15, 0.2) is 0 Å². The average molecular weight is 255 g/mol. The van der Waals surface area contributed by atoms with Gasteiger partial charge in [0.25, 0.3) is 0 Å². The second-order valence-electron chi connectivity index (χ2n) is 2.95. The average Bonchev–Trinajstić information content (AvgIpc) is 2.25. The minimum atomic E-state index is 0.711. The molecule has 1 rings (SSSR count). The Kier molecular flexibility index (Phi) is 6.37. The summed E-state index contributed by atoms with van der Waals surface area (Å²) in [7, 11) is 0. The predicted molar refractivity (Wildman–Crippen MR) is 63.6 cm³/mol. The van der Waals surface area contributed by atoms with E-state index in [1.807, 2.05) is 18.2 Å². The van der Waals surface area contributed by atoms with Crippen molar-refractivity contribution in [1.29, 1.82) is 0 Å². The van der Waals surface area contributed by atoms with Crippen LogP contribution in [0.15, 0.2) is 42.5 Å². The van der Waals surface area contributed by atoms with E-state index in [0.717, 1.165) is 18.4 Å². The number of hydrogen-bond donors (Lipinski definition) is 0. The molecule has 1 nitrogen and oxygen atoms in total. The van der Waals surface area contributed by atoms with Crippen LogP contribution >= 0.6 is 15.9 Å². The van der Waals surface area contributed by atoms with Gasteiger partial charge in [-0.15, -0.1) is 0 Å². The Bertz CT molecular complexity index is 256. The SMILES string of the molecule is BrC/C=C/CCOCc1ccccc1. The molecule has 1 aromatic rings. The van der Waals surface area contributed by atoms with Gasteiger partial charge in [0, 0.05) is 5.33 Å². The molecule has 2 heteroatoms. The summed E-state index contributed by atoms with van der Waals surface area (Å²) in [6.07, 6.45) is 5.20. The fraction of sp³-hybridized carbons (Fsp3) is 0.333. The molecule has 0 N–H and O–H groups in total. The Labute approximate surface area is 93.9 Å². The van der Waals surface area contributed by atoms with E-state index in [2.05, 4.69) is 40.2 Å². The van der Waals surface area contributed by atoms with Gasteiger partial charge in [0.2, 0.25) is 0 Å². The molecule has 0 aliphatic rings. The number of halogens is 1. The van der Waals surface area contributed by atoms with Crippen LogP contribution < -0.4 is 0 Å². The predicted octanol–water partition coefficient (Wildman–Crippen LogP) is 3.54. The molecule has 0 fully saturated rings. The van der Waals surface area contributed by atoms with Crippen LogP contribution in [-0.2, 0) is 11.3 Å². The van der Waals surface area contributed by atoms with E-state index in [0.29, 0.717) is 6.61 Å². The number of ether oxygens (including phenoxy) is 1. The highest BCUT2D eigenvalue weighted by molar-refractivity contribution is 9.09. The first-order valence-corrected chi connectivity index (χ1v) is 5.88. The standard InChI is InChI=1S/C12H15BrO/c13-9-5-2-6-10-14-11-12-7-3-1-4-8-12/h1-5,7-8H,6,9-11H2/b5-2+. The quantitative estimate of drug-likeness (QED) is 0.429. The Hall–Kier alpha value is -0.600. The van der Waals surface area contributed by atoms with E-state index in [1.54, 1.807) is 0 Å². The molecule has 76 valence electrons. The van der Waals surface area contributed by atoms with Crippen LogP contribution in [0.2, 0.25) is 0 Å². The van der Waals surface area contributed by atoms with Crippen molar-refractivity contribution in [3.8, 4) is 0 Å². The van der Waals surface area contributed by atoms with Crippen LogP contribution in [0, 0.1) is 0 Å². The lowest BCUT2D eigenvalue weighted by Crippen LogP contribution is -1.93. The third-order valence-corrected chi connectivity index (χ3v) is 2.17. The molecule has 0 spiro atoms. The molecular weight excluding hydrogens is 240 g/mol. The third kappa shape index (κ3) is 5.20. The maximum absolute atomic E-state index is 5.50. The maximum atomic E-state index is 5.50. The molecule has 0 amide bonds.